The molecule has 0 aliphatic carbocycles. The lowest BCUT2D eigenvalue weighted by molar-refractivity contribution is 0.102. The van der Waals surface area contributed by atoms with Crippen molar-refractivity contribution in [3.8, 4) is 11.5 Å². The number of aromatic nitrogens is 2. The van der Waals surface area contributed by atoms with Crippen molar-refractivity contribution in [1.82, 2.24) is 19.4 Å². The minimum atomic E-state index is -0.541. The van der Waals surface area contributed by atoms with Crippen LogP contribution in [0.1, 0.15) is 40.2 Å². The maximum absolute atomic E-state index is 12.9. The van der Waals surface area contributed by atoms with Crippen LogP contribution >= 0.6 is 0 Å². The molecule has 1 saturated heterocycles. The molecule has 202 valence electrons. The minimum Gasteiger partial charge on any atom is -0.457 e. The van der Waals surface area contributed by atoms with E-state index >= 15 is 0 Å². The molecule has 4 aromatic rings. The largest absolute Gasteiger partial charge is 0.457 e. The number of likely N-dealkylation sites (tertiary alicyclic amines) is 1. The Hall–Kier alpha value is -4.21. The van der Waals surface area contributed by atoms with Gasteiger partial charge in [0.05, 0.1) is 5.52 Å². The minimum absolute atomic E-state index is 0.225. The summed E-state index contributed by atoms with van der Waals surface area (Å²) in [6.07, 6.45) is 5.52. The first-order valence-corrected chi connectivity index (χ1v) is 13.1. The number of rotatable bonds is 7. The van der Waals surface area contributed by atoms with Crippen molar-refractivity contribution in [2.75, 3.05) is 39.5 Å². The molecular formula is C30H34N6O3. The summed E-state index contributed by atoms with van der Waals surface area (Å²) in [5, 5.41) is 3.71. The maximum Gasteiger partial charge on any atom is 0.323 e. The Kier molecular flexibility index (Phi) is 7.63. The van der Waals surface area contributed by atoms with Crippen molar-refractivity contribution in [3.63, 3.8) is 0 Å². The zero-order valence-electron chi connectivity index (χ0n) is 22.6. The number of hydrogen-bond acceptors (Lipinski definition) is 6. The fourth-order valence-electron chi connectivity index (χ4n) is 5.06. The summed E-state index contributed by atoms with van der Waals surface area (Å²) in [6, 6.07) is 16.4. The first kappa shape index (κ1) is 26.4. The van der Waals surface area contributed by atoms with Gasteiger partial charge in [-0.3, -0.25) is 9.36 Å². The molecule has 0 atom stereocenters. The number of amides is 2. The van der Waals surface area contributed by atoms with Crippen molar-refractivity contribution in [1.29, 1.82) is 0 Å². The van der Waals surface area contributed by atoms with Gasteiger partial charge in [0, 0.05) is 41.5 Å². The summed E-state index contributed by atoms with van der Waals surface area (Å²) in [5.74, 6) is 1.89. The first-order chi connectivity index (χ1) is 18.8. The molecule has 0 unspecified atom stereocenters. The van der Waals surface area contributed by atoms with E-state index in [0.717, 1.165) is 42.4 Å². The molecule has 0 radical (unpaired) electrons. The number of hydrogen-bond donors (Lipinski definition) is 2. The van der Waals surface area contributed by atoms with Crippen molar-refractivity contribution < 1.29 is 14.3 Å². The molecular weight excluding hydrogens is 492 g/mol. The average Bonchev–Trinajstić information content (AvgIpc) is 3.32. The highest BCUT2D eigenvalue weighted by Crippen LogP contribution is 2.32. The number of anilines is 1. The van der Waals surface area contributed by atoms with E-state index in [4.69, 9.17) is 10.5 Å². The number of carbonyl (C=O) groups is 2. The summed E-state index contributed by atoms with van der Waals surface area (Å²) in [7, 11) is 6.07. The van der Waals surface area contributed by atoms with E-state index in [-0.39, 0.29) is 5.91 Å². The number of carbonyl (C=O) groups excluding carboxylic acids is 2. The van der Waals surface area contributed by atoms with E-state index < -0.39 is 6.03 Å². The molecule has 1 fully saturated rings. The number of pyridine rings is 1. The van der Waals surface area contributed by atoms with E-state index in [1.165, 1.54) is 10.1 Å². The summed E-state index contributed by atoms with van der Waals surface area (Å²) in [5.41, 5.74) is 8.99. The molecule has 2 aromatic heterocycles. The highest BCUT2D eigenvalue weighted by molar-refractivity contribution is 6.03. The third-order valence-corrected chi connectivity index (χ3v) is 7.16. The molecule has 0 bridgehead atoms. The van der Waals surface area contributed by atoms with Gasteiger partial charge in [0.25, 0.3) is 5.91 Å². The summed E-state index contributed by atoms with van der Waals surface area (Å²) < 4.78 is 7.68. The third kappa shape index (κ3) is 6.10. The molecule has 9 nitrogen and oxygen atoms in total. The van der Waals surface area contributed by atoms with Crippen LogP contribution in [0.25, 0.3) is 10.9 Å². The Bertz CT molecular complexity index is 1490. The Labute approximate surface area is 228 Å². The van der Waals surface area contributed by atoms with Crippen LogP contribution in [0.15, 0.2) is 67.0 Å². The quantitative estimate of drug-likeness (QED) is 0.356. The molecule has 2 aromatic carbocycles. The molecule has 9 heteroatoms. The lowest BCUT2D eigenvalue weighted by atomic mass is 9.89. The maximum atomic E-state index is 12.9. The van der Waals surface area contributed by atoms with Gasteiger partial charge in [-0.2, -0.15) is 0 Å². The number of ether oxygens (including phenoxy) is 1. The zero-order valence-corrected chi connectivity index (χ0v) is 22.6. The van der Waals surface area contributed by atoms with Gasteiger partial charge < -0.3 is 25.6 Å². The molecule has 1 aliphatic heterocycles. The molecule has 2 amide bonds. The molecule has 5 rings (SSSR count). The van der Waals surface area contributed by atoms with Crippen LogP contribution in [-0.2, 0) is 6.54 Å². The topological polar surface area (TPSA) is 106 Å². The monoisotopic (exact) mass is 526 g/mol. The van der Waals surface area contributed by atoms with Gasteiger partial charge in [-0.15, -0.1) is 0 Å². The molecule has 39 heavy (non-hydrogen) atoms. The van der Waals surface area contributed by atoms with Gasteiger partial charge in [-0.25, -0.2) is 9.78 Å². The van der Waals surface area contributed by atoms with Crippen molar-refractivity contribution in [3.05, 3.63) is 83.7 Å². The zero-order chi connectivity index (χ0) is 27.5. The van der Waals surface area contributed by atoms with Crippen LogP contribution in [0, 0.1) is 0 Å². The van der Waals surface area contributed by atoms with Crippen molar-refractivity contribution in [2.45, 2.75) is 25.3 Å². The highest BCUT2D eigenvalue weighted by Gasteiger charge is 2.19. The number of nitrogens with zero attached hydrogens (tertiary/aromatic N) is 4. The number of nitrogens with two attached hydrogens (primary N) is 1. The number of piperidine rings is 1. The average molecular weight is 527 g/mol. The lowest BCUT2D eigenvalue weighted by Crippen LogP contribution is -2.29. The van der Waals surface area contributed by atoms with E-state index in [0.29, 0.717) is 35.3 Å². The van der Waals surface area contributed by atoms with E-state index in [1.807, 2.05) is 49.3 Å². The van der Waals surface area contributed by atoms with E-state index in [1.54, 1.807) is 24.5 Å². The predicted octanol–water partition coefficient (Wildman–Crippen LogP) is 4.88. The van der Waals surface area contributed by atoms with Gasteiger partial charge in [0.15, 0.2) is 0 Å². The van der Waals surface area contributed by atoms with Crippen molar-refractivity contribution in [2.24, 2.45) is 5.73 Å². The fraction of sp³-hybridized carbons (Fsp3) is 0.300. The number of nitrogens with one attached hydrogen (secondary N) is 1. The Morgan fingerprint density at radius 1 is 1.08 bits per heavy atom. The van der Waals surface area contributed by atoms with Crippen LogP contribution in [-0.4, -0.2) is 65.5 Å². The molecule has 3 heterocycles. The fourth-order valence-corrected chi connectivity index (χ4v) is 5.06. The van der Waals surface area contributed by atoms with Crippen LogP contribution in [0.3, 0.4) is 0 Å². The summed E-state index contributed by atoms with van der Waals surface area (Å²) in [4.78, 5) is 33.4. The molecule has 3 N–H and O–H groups in total. The van der Waals surface area contributed by atoms with Crippen LogP contribution < -0.4 is 15.8 Å². The smallest absolute Gasteiger partial charge is 0.323 e. The Balaban J connectivity index is 1.31. The van der Waals surface area contributed by atoms with Crippen LogP contribution in [0.5, 0.6) is 11.5 Å². The SMILES string of the molecule is CN(C)Cc1cc2c(ccn2C(N)=O)cc1Oc1ccnc(NC(=O)c2ccc(C3CCN(C)CC3)cc2)c1. The van der Waals surface area contributed by atoms with Crippen LogP contribution in [0.2, 0.25) is 0 Å². The highest BCUT2D eigenvalue weighted by atomic mass is 16.5. The summed E-state index contributed by atoms with van der Waals surface area (Å²) in [6.45, 7) is 2.79. The van der Waals surface area contributed by atoms with Crippen LogP contribution in [0.4, 0.5) is 10.6 Å². The van der Waals surface area contributed by atoms with Gasteiger partial charge in [0.1, 0.15) is 17.3 Å². The third-order valence-electron chi connectivity index (χ3n) is 7.16. The Morgan fingerprint density at radius 2 is 1.82 bits per heavy atom. The van der Waals surface area contributed by atoms with Gasteiger partial charge in [-0.05, 0) is 95.0 Å². The summed E-state index contributed by atoms with van der Waals surface area (Å²) >= 11 is 0. The second-order valence-electron chi connectivity index (χ2n) is 10.4. The van der Waals surface area contributed by atoms with Crippen molar-refractivity contribution >= 4 is 28.7 Å². The number of fused-ring (bicyclic) bond motifs is 1. The lowest BCUT2D eigenvalue weighted by Gasteiger charge is -2.29. The number of benzene rings is 2. The standard InChI is InChI=1S/C30H34N6O3/c1-34(2)19-24-16-26-23(11-15-36(26)30(31)38)17-27(24)39-25-8-12-32-28(18-25)33-29(37)22-6-4-20(5-7-22)21-9-13-35(3)14-10-21/h4-8,11-12,15-18,21H,9-10,13-14,19H2,1-3H3,(H2,31,38)(H,32,33,37). The molecule has 0 saturated carbocycles. The normalized spacial score (nSPS) is 14.6. The van der Waals surface area contributed by atoms with Gasteiger partial charge in [-0.1, -0.05) is 12.1 Å². The number of primary amides is 1. The first-order valence-electron chi connectivity index (χ1n) is 13.1. The second kappa shape index (κ2) is 11.3. The predicted molar refractivity (Wildman–Crippen MR) is 152 cm³/mol. The molecule has 1 aliphatic rings. The van der Waals surface area contributed by atoms with Gasteiger partial charge in [0.2, 0.25) is 0 Å². The molecule has 0 spiro atoms. The second-order valence-corrected chi connectivity index (χ2v) is 10.4. The van der Waals surface area contributed by atoms with E-state index in [9.17, 15) is 9.59 Å². The van der Waals surface area contributed by atoms with Gasteiger partial charge >= 0.3 is 6.03 Å². The Morgan fingerprint density at radius 3 is 2.51 bits per heavy atom. The van der Waals surface area contributed by atoms with E-state index in [2.05, 4.69) is 34.4 Å².